The van der Waals surface area contributed by atoms with Crippen molar-refractivity contribution in [2.45, 2.75) is 38.5 Å². The van der Waals surface area contributed by atoms with Crippen molar-refractivity contribution >= 4 is 35.0 Å². The topological polar surface area (TPSA) is 58.2 Å². The predicted molar refractivity (Wildman–Crippen MR) is 97.4 cm³/mol. The lowest BCUT2D eigenvalue weighted by atomic mass is 9.97. The quantitative estimate of drug-likeness (QED) is 0.594. The maximum atomic E-state index is 11.8. The molecule has 0 saturated heterocycles. The fraction of sp³-hybridized carbons (Fsp3) is 0.444. The Labute approximate surface area is 152 Å². The molecule has 0 atom stereocenters. The maximum Gasteiger partial charge on any atom is 0.309 e. The Balaban J connectivity index is 1.66. The second-order valence-corrected chi connectivity index (χ2v) is 6.70. The molecule has 2 amide bonds. The average Bonchev–Trinajstić information content (AvgIpc) is 2.57. The van der Waals surface area contributed by atoms with Gasteiger partial charge in [-0.05, 0) is 56.2 Å². The molecule has 1 aromatic carbocycles. The molecule has 2 N–H and O–H groups in total. The third-order valence-electron chi connectivity index (χ3n) is 4.02. The number of hydrogen-bond acceptors (Lipinski definition) is 2. The van der Waals surface area contributed by atoms with Crippen molar-refractivity contribution < 1.29 is 9.59 Å². The fourth-order valence-electron chi connectivity index (χ4n) is 2.66. The van der Waals surface area contributed by atoms with Crippen LogP contribution in [0.4, 0.5) is 0 Å². The van der Waals surface area contributed by atoms with Gasteiger partial charge >= 0.3 is 11.8 Å². The number of carbonyl (C=O) groups excluding carboxylic acids is 2. The largest absolute Gasteiger partial charge is 0.348 e. The molecule has 0 aliphatic heterocycles. The summed E-state index contributed by atoms with van der Waals surface area (Å²) in [4.78, 5) is 23.5. The first kappa shape index (κ1) is 18.8. The normalized spacial score (nSPS) is 14.0. The number of allylic oxidation sites excluding steroid dienone is 1. The Morgan fingerprint density at radius 3 is 2.33 bits per heavy atom. The molecular formula is C18H22Cl2N2O2. The van der Waals surface area contributed by atoms with E-state index in [9.17, 15) is 9.59 Å². The van der Waals surface area contributed by atoms with Crippen LogP contribution in [-0.2, 0) is 16.0 Å². The summed E-state index contributed by atoms with van der Waals surface area (Å²) >= 11 is 11.9. The number of hydrogen-bond donors (Lipinski definition) is 2. The SMILES string of the molecule is O=C(NCCC1=CCCCC1)C(=O)NCCc1ccc(Cl)cc1Cl. The number of amides is 2. The van der Waals surface area contributed by atoms with Crippen LogP contribution in [0.1, 0.15) is 37.7 Å². The van der Waals surface area contributed by atoms with Gasteiger partial charge in [0.05, 0.1) is 0 Å². The van der Waals surface area contributed by atoms with E-state index in [1.165, 1.54) is 18.4 Å². The van der Waals surface area contributed by atoms with Crippen LogP contribution >= 0.6 is 23.2 Å². The molecule has 2 rings (SSSR count). The van der Waals surface area contributed by atoms with Crippen molar-refractivity contribution in [1.29, 1.82) is 0 Å². The summed E-state index contributed by atoms with van der Waals surface area (Å²) < 4.78 is 0. The van der Waals surface area contributed by atoms with Crippen LogP contribution in [0.5, 0.6) is 0 Å². The van der Waals surface area contributed by atoms with Crippen LogP contribution in [-0.4, -0.2) is 24.9 Å². The smallest absolute Gasteiger partial charge is 0.309 e. The van der Waals surface area contributed by atoms with Gasteiger partial charge in [0.15, 0.2) is 0 Å². The van der Waals surface area contributed by atoms with Gasteiger partial charge in [0.2, 0.25) is 0 Å². The van der Waals surface area contributed by atoms with Crippen molar-refractivity contribution in [3.05, 3.63) is 45.5 Å². The van der Waals surface area contributed by atoms with Gasteiger partial charge < -0.3 is 10.6 Å². The predicted octanol–water partition coefficient (Wildman–Crippen LogP) is 3.66. The first-order chi connectivity index (χ1) is 11.6. The Morgan fingerprint density at radius 2 is 1.71 bits per heavy atom. The minimum atomic E-state index is -0.613. The van der Waals surface area contributed by atoms with Gasteiger partial charge in [0.25, 0.3) is 0 Å². The minimum absolute atomic E-state index is 0.346. The fourth-order valence-corrected chi connectivity index (χ4v) is 3.17. The van der Waals surface area contributed by atoms with Crippen LogP contribution < -0.4 is 10.6 Å². The minimum Gasteiger partial charge on any atom is -0.348 e. The molecule has 0 heterocycles. The molecule has 0 unspecified atom stereocenters. The molecule has 1 aliphatic carbocycles. The standard InChI is InChI=1S/C18H22Cl2N2O2/c19-15-7-6-14(16(20)12-15)9-11-22-18(24)17(23)21-10-8-13-4-2-1-3-5-13/h4,6-7,12H,1-3,5,8-11H2,(H,21,23)(H,22,24). The number of benzene rings is 1. The molecule has 0 radical (unpaired) electrons. The molecule has 4 nitrogen and oxygen atoms in total. The lowest BCUT2D eigenvalue weighted by molar-refractivity contribution is -0.139. The monoisotopic (exact) mass is 368 g/mol. The van der Waals surface area contributed by atoms with E-state index in [4.69, 9.17) is 23.2 Å². The van der Waals surface area contributed by atoms with Crippen molar-refractivity contribution in [1.82, 2.24) is 10.6 Å². The Kier molecular flexibility index (Phi) is 7.60. The molecule has 130 valence electrons. The molecule has 0 spiro atoms. The summed E-state index contributed by atoms with van der Waals surface area (Å²) in [5, 5.41) is 6.39. The zero-order chi connectivity index (χ0) is 17.4. The summed E-state index contributed by atoms with van der Waals surface area (Å²) in [6.45, 7) is 0.847. The molecule has 0 bridgehead atoms. The van der Waals surface area contributed by atoms with Crippen molar-refractivity contribution in [2.75, 3.05) is 13.1 Å². The molecule has 0 aromatic heterocycles. The molecule has 0 saturated carbocycles. The van der Waals surface area contributed by atoms with Gasteiger partial charge in [-0.15, -0.1) is 0 Å². The number of carbonyl (C=O) groups is 2. The molecule has 24 heavy (non-hydrogen) atoms. The lowest BCUT2D eigenvalue weighted by Gasteiger charge is -2.13. The van der Waals surface area contributed by atoms with Crippen LogP contribution in [0.25, 0.3) is 0 Å². The summed E-state index contributed by atoms with van der Waals surface area (Å²) in [6.07, 6.45) is 8.29. The Hall–Kier alpha value is -1.52. The highest BCUT2D eigenvalue weighted by molar-refractivity contribution is 6.35. The first-order valence-corrected chi connectivity index (χ1v) is 8.99. The summed E-state index contributed by atoms with van der Waals surface area (Å²) in [5.74, 6) is -1.20. The first-order valence-electron chi connectivity index (χ1n) is 8.24. The van der Waals surface area contributed by atoms with E-state index in [1.54, 1.807) is 12.1 Å². The van der Waals surface area contributed by atoms with Crippen molar-refractivity contribution in [2.24, 2.45) is 0 Å². The zero-order valence-electron chi connectivity index (χ0n) is 13.5. The number of rotatable bonds is 6. The van der Waals surface area contributed by atoms with Crippen LogP contribution in [0.2, 0.25) is 10.0 Å². The highest BCUT2D eigenvalue weighted by Crippen LogP contribution is 2.21. The van der Waals surface area contributed by atoms with Crippen molar-refractivity contribution in [3.63, 3.8) is 0 Å². The van der Waals surface area contributed by atoms with Crippen molar-refractivity contribution in [3.8, 4) is 0 Å². The average molecular weight is 369 g/mol. The molecule has 1 aromatic rings. The van der Waals surface area contributed by atoms with E-state index >= 15 is 0 Å². The second-order valence-electron chi connectivity index (χ2n) is 5.86. The van der Waals surface area contributed by atoms with E-state index in [-0.39, 0.29) is 0 Å². The van der Waals surface area contributed by atoms with Crippen LogP contribution in [0.15, 0.2) is 29.8 Å². The molecule has 0 fully saturated rings. The highest BCUT2D eigenvalue weighted by Gasteiger charge is 2.13. The Bertz CT molecular complexity index is 629. The zero-order valence-corrected chi connectivity index (χ0v) is 15.1. The van der Waals surface area contributed by atoms with Gasteiger partial charge in [-0.2, -0.15) is 0 Å². The van der Waals surface area contributed by atoms with Gasteiger partial charge in [-0.3, -0.25) is 9.59 Å². The van der Waals surface area contributed by atoms with Crippen LogP contribution in [0, 0.1) is 0 Å². The summed E-state index contributed by atoms with van der Waals surface area (Å²) in [5.41, 5.74) is 2.25. The molecule has 1 aliphatic rings. The Morgan fingerprint density at radius 1 is 1.00 bits per heavy atom. The third kappa shape index (κ3) is 6.17. The van der Waals surface area contributed by atoms with Gasteiger partial charge in [0, 0.05) is 23.1 Å². The van der Waals surface area contributed by atoms with E-state index in [1.807, 2.05) is 6.07 Å². The third-order valence-corrected chi connectivity index (χ3v) is 4.60. The van der Waals surface area contributed by atoms with E-state index in [0.717, 1.165) is 24.8 Å². The number of halogens is 2. The van der Waals surface area contributed by atoms with E-state index in [0.29, 0.717) is 29.6 Å². The highest BCUT2D eigenvalue weighted by atomic mass is 35.5. The summed E-state index contributed by atoms with van der Waals surface area (Å²) in [7, 11) is 0. The van der Waals surface area contributed by atoms with Gasteiger partial charge in [-0.25, -0.2) is 0 Å². The summed E-state index contributed by atoms with van der Waals surface area (Å²) in [6, 6.07) is 5.22. The molecular weight excluding hydrogens is 347 g/mol. The lowest BCUT2D eigenvalue weighted by Crippen LogP contribution is -2.41. The van der Waals surface area contributed by atoms with Gasteiger partial charge in [-0.1, -0.05) is 40.9 Å². The maximum absolute atomic E-state index is 11.8. The van der Waals surface area contributed by atoms with E-state index in [2.05, 4.69) is 16.7 Å². The number of nitrogens with one attached hydrogen (secondary N) is 2. The second kappa shape index (κ2) is 9.70. The van der Waals surface area contributed by atoms with Gasteiger partial charge in [0.1, 0.15) is 0 Å². The van der Waals surface area contributed by atoms with E-state index < -0.39 is 11.8 Å². The molecule has 6 heteroatoms. The van der Waals surface area contributed by atoms with Crippen LogP contribution in [0.3, 0.4) is 0 Å².